The van der Waals surface area contributed by atoms with Gasteiger partial charge in [0.05, 0.1) is 5.92 Å². The minimum absolute atomic E-state index is 0.0927. The number of carbonyl (C=O) groups excluding carboxylic acids is 2. The number of alkyl halides is 1. The molecule has 2 saturated heterocycles. The van der Waals surface area contributed by atoms with Gasteiger partial charge < -0.3 is 10.6 Å². The largest absolute Gasteiger partial charge is 0.353 e. The number of amides is 2. The summed E-state index contributed by atoms with van der Waals surface area (Å²) >= 11 is 6.34. The maximum absolute atomic E-state index is 12.6. The molecule has 27 heavy (non-hydrogen) atoms. The minimum atomic E-state index is -0.145. The second-order valence-electron chi connectivity index (χ2n) is 7.95. The molecular formula is C19H26ClN5O2. The van der Waals surface area contributed by atoms with Gasteiger partial charge >= 0.3 is 0 Å². The van der Waals surface area contributed by atoms with Crippen LogP contribution < -0.4 is 15.5 Å². The van der Waals surface area contributed by atoms with E-state index in [-0.39, 0.29) is 35.2 Å². The van der Waals surface area contributed by atoms with Crippen LogP contribution >= 0.6 is 11.6 Å². The first-order valence-electron chi connectivity index (χ1n) is 9.85. The number of nitrogens with one attached hydrogen (secondary N) is 2. The minimum Gasteiger partial charge on any atom is -0.353 e. The van der Waals surface area contributed by atoms with Crippen LogP contribution in [0, 0.1) is 11.8 Å². The smallest absolute Gasteiger partial charge is 0.228 e. The Balaban J connectivity index is 1.43. The first-order valence-corrected chi connectivity index (χ1v) is 10.3. The molecule has 1 saturated carbocycles. The topological polar surface area (TPSA) is 87.2 Å². The van der Waals surface area contributed by atoms with Crippen molar-refractivity contribution in [3.63, 3.8) is 0 Å². The lowest BCUT2D eigenvalue weighted by atomic mass is 9.74. The second kappa shape index (κ2) is 7.62. The highest BCUT2D eigenvalue weighted by Crippen LogP contribution is 2.36. The average Bonchev–Trinajstić information content (AvgIpc) is 3.07. The van der Waals surface area contributed by atoms with Crippen molar-refractivity contribution >= 4 is 35.2 Å². The SMILES string of the molecule is C[C@H](Nc1nccc(N2CCCC2=O)n1)C1CC2CC(Cl)CCC2NC1=O. The van der Waals surface area contributed by atoms with Gasteiger partial charge in [-0.05, 0) is 51.0 Å². The quantitative estimate of drug-likeness (QED) is 0.769. The van der Waals surface area contributed by atoms with Gasteiger partial charge in [-0.3, -0.25) is 14.5 Å². The third-order valence-corrected chi connectivity index (χ3v) is 6.49. The van der Waals surface area contributed by atoms with E-state index in [2.05, 4.69) is 20.6 Å². The van der Waals surface area contributed by atoms with Gasteiger partial charge in [-0.25, -0.2) is 4.98 Å². The molecule has 4 unspecified atom stereocenters. The van der Waals surface area contributed by atoms with Gasteiger partial charge in [-0.1, -0.05) is 0 Å². The molecule has 0 bridgehead atoms. The van der Waals surface area contributed by atoms with E-state index in [0.717, 1.165) is 32.1 Å². The van der Waals surface area contributed by atoms with Gasteiger partial charge in [-0.2, -0.15) is 4.98 Å². The Morgan fingerprint density at radius 2 is 2.19 bits per heavy atom. The zero-order valence-electron chi connectivity index (χ0n) is 15.5. The number of carbonyl (C=O) groups is 2. The van der Waals surface area contributed by atoms with Crippen molar-refractivity contribution in [2.75, 3.05) is 16.8 Å². The van der Waals surface area contributed by atoms with Gasteiger partial charge in [0, 0.05) is 36.6 Å². The number of hydrogen-bond acceptors (Lipinski definition) is 5. The van der Waals surface area contributed by atoms with E-state index < -0.39 is 0 Å². The van der Waals surface area contributed by atoms with E-state index in [0.29, 0.717) is 30.6 Å². The van der Waals surface area contributed by atoms with Crippen LogP contribution in [-0.2, 0) is 9.59 Å². The number of aromatic nitrogens is 2. The third-order valence-electron chi connectivity index (χ3n) is 6.09. The van der Waals surface area contributed by atoms with Crippen LogP contribution in [0.25, 0.3) is 0 Å². The molecule has 3 heterocycles. The van der Waals surface area contributed by atoms with Crippen molar-refractivity contribution in [3.05, 3.63) is 12.3 Å². The number of hydrogen-bond donors (Lipinski definition) is 2. The highest BCUT2D eigenvalue weighted by Gasteiger charge is 2.41. The zero-order chi connectivity index (χ0) is 19.0. The number of rotatable bonds is 4. The van der Waals surface area contributed by atoms with Crippen molar-refractivity contribution in [1.29, 1.82) is 0 Å². The summed E-state index contributed by atoms with van der Waals surface area (Å²) in [5.41, 5.74) is 0. The van der Waals surface area contributed by atoms with E-state index in [1.54, 1.807) is 17.2 Å². The summed E-state index contributed by atoms with van der Waals surface area (Å²) in [6.45, 7) is 2.68. The highest BCUT2D eigenvalue weighted by atomic mass is 35.5. The predicted octanol–water partition coefficient (Wildman–Crippen LogP) is 2.32. The molecule has 0 spiro atoms. The maximum Gasteiger partial charge on any atom is 0.228 e. The van der Waals surface area contributed by atoms with Gasteiger partial charge in [-0.15, -0.1) is 11.6 Å². The van der Waals surface area contributed by atoms with E-state index in [1.165, 1.54) is 0 Å². The Bertz CT molecular complexity index is 730. The molecule has 2 amide bonds. The van der Waals surface area contributed by atoms with Gasteiger partial charge in [0.25, 0.3) is 0 Å². The van der Waals surface area contributed by atoms with Crippen LogP contribution in [0.2, 0.25) is 0 Å². The third kappa shape index (κ3) is 3.88. The van der Waals surface area contributed by atoms with Crippen LogP contribution in [0.5, 0.6) is 0 Å². The monoisotopic (exact) mass is 391 g/mol. The lowest BCUT2D eigenvalue weighted by Crippen LogP contribution is -2.55. The average molecular weight is 392 g/mol. The Hall–Kier alpha value is -1.89. The maximum atomic E-state index is 12.6. The lowest BCUT2D eigenvalue weighted by molar-refractivity contribution is -0.130. The predicted molar refractivity (Wildman–Crippen MR) is 104 cm³/mol. The van der Waals surface area contributed by atoms with Crippen LogP contribution in [0.4, 0.5) is 11.8 Å². The molecule has 0 aromatic carbocycles. The summed E-state index contributed by atoms with van der Waals surface area (Å²) in [5, 5.41) is 6.67. The Labute approximate surface area is 164 Å². The summed E-state index contributed by atoms with van der Waals surface area (Å²) in [7, 11) is 0. The first-order chi connectivity index (χ1) is 13.0. The molecule has 1 aromatic rings. The van der Waals surface area contributed by atoms with Crippen molar-refractivity contribution in [2.45, 2.75) is 62.9 Å². The fraction of sp³-hybridized carbons (Fsp3) is 0.684. The van der Waals surface area contributed by atoms with Gasteiger partial charge in [0.15, 0.2) is 0 Å². The Morgan fingerprint density at radius 1 is 1.33 bits per heavy atom. The van der Waals surface area contributed by atoms with E-state index in [1.807, 2.05) is 6.92 Å². The molecule has 4 rings (SSSR count). The summed E-state index contributed by atoms with van der Waals surface area (Å²) in [4.78, 5) is 35.0. The van der Waals surface area contributed by atoms with E-state index >= 15 is 0 Å². The standard InChI is InChI=1S/C19H26ClN5O2/c1-11(14-10-12-9-13(20)4-5-15(12)23-18(14)27)22-19-21-7-6-16(24-19)25-8-2-3-17(25)26/h6-7,11-15H,2-5,8-10H2,1H3,(H,23,27)(H,21,22,24)/t11-,12?,13?,14?,15?/m0/s1. The molecule has 1 aliphatic carbocycles. The van der Waals surface area contributed by atoms with Gasteiger partial charge in [0.1, 0.15) is 5.82 Å². The first kappa shape index (κ1) is 18.5. The second-order valence-corrected chi connectivity index (χ2v) is 8.57. The Morgan fingerprint density at radius 3 is 2.96 bits per heavy atom. The highest BCUT2D eigenvalue weighted by molar-refractivity contribution is 6.20. The number of fused-ring (bicyclic) bond motifs is 1. The molecule has 3 aliphatic rings. The fourth-order valence-corrected chi connectivity index (χ4v) is 4.93. The van der Waals surface area contributed by atoms with Crippen molar-refractivity contribution in [2.24, 2.45) is 11.8 Å². The normalized spacial score (nSPS) is 32.0. The summed E-state index contributed by atoms with van der Waals surface area (Å²) in [6.07, 6.45) is 6.80. The van der Waals surface area contributed by atoms with E-state index in [4.69, 9.17) is 11.6 Å². The molecule has 8 heteroatoms. The fourth-order valence-electron chi connectivity index (χ4n) is 4.58. The number of piperidine rings is 1. The molecule has 5 atom stereocenters. The van der Waals surface area contributed by atoms with E-state index in [9.17, 15) is 9.59 Å². The number of nitrogens with zero attached hydrogens (tertiary/aromatic N) is 3. The molecule has 1 aromatic heterocycles. The van der Waals surface area contributed by atoms with Crippen LogP contribution in [-0.4, -0.2) is 45.8 Å². The zero-order valence-corrected chi connectivity index (χ0v) is 16.3. The molecule has 2 aliphatic heterocycles. The summed E-state index contributed by atoms with van der Waals surface area (Å²) in [5.74, 6) is 1.55. The van der Waals surface area contributed by atoms with Crippen LogP contribution in [0.15, 0.2) is 12.3 Å². The molecule has 0 radical (unpaired) electrons. The summed E-state index contributed by atoms with van der Waals surface area (Å²) < 4.78 is 0. The van der Waals surface area contributed by atoms with Crippen molar-refractivity contribution in [1.82, 2.24) is 15.3 Å². The lowest BCUT2D eigenvalue weighted by Gasteiger charge is -2.42. The van der Waals surface area contributed by atoms with Crippen LogP contribution in [0.1, 0.15) is 45.4 Å². The van der Waals surface area contributed by atoms with Crippen molar-refractivity contribution < 1.29 is 9.59 Å². The van der Waals surface area contributed by atoms with Crippen molar-refractivity contribution in [3.8, 4) is 0 Å². The van der Waals surface area contributed by atoms with Gasteiger partial charge in [0.2, 0.25) is 17.8 Å². The molecular weight excluding hydrogens is 366 g/mol. The Kier molecular flexibility index (Phi) is 5.21. The number of halogens is 1. The number of anilines is 2. The molecule has 7 nitrogen and oxygen atoms in total. The molecule has 146 valence electrons. The molecule has 3 fully saturated rings. The van der Waals surface area contributed by atoms with Crippen LogP contribution in [0.3, 0.4) is 0 Å². The molecule has 2 N–H and O–H groups in total. The summed E-state index contributed by atoms with van der Waals surface area (Å²) in [6, 6.07) is 1.91.